The molecule has 6 atom stereocenters. The molecule has 31 heavy (non-hydrogen) atoms. The Kier molecular flexibility index (Phi) is 6.86. The topological polar surface area (TPSA) is 66.4 Å². The zero-order valence-corrected chi connectivity index (χ0v) is 17.9. The van der Waals surface area contributed by atoms with Crippen LogP contribution in [0.4, 0.5) is 0 Å². The van der Waals surface area contributed by atoms with Crippen LogP contribution in [-0.2, 0) is 30.3 Å². The molecule has 0 spiro atoms. The summed E-state index contributed by atoms with van der Waals surface area (Å²) >= 11 is 0. The van der Waals surface area contributed by atoms with Gasteiger partial charge in [0.25, 0.3) is 0 Å². The minimum Gasteiger partial charge on any atom is -0.385 e. The average Bonchev–Trinajstić information content (AvgIpc) is 2.80. The number of aliphatic hydroxyl groups excluding tert-OH is 1. The zero-order chi connectivity index (χ0) is 21.8. The van der Waals surface area contributed by atoms with Crippen molar-refractivity contribution < 1.29 is 28.8 Å². The summed E-state index contributed by atoms with van der Waals surface area (Å²) in [4.78, 5) is 0. The highest BCUT2D eigenvalue weighted by Crippen LogP contribution is 2.42. The van der Waals surface area contributed by atoms with Crippen molar-refractivity contribution in [2.75, 3.05) is 6.61 Å². The molecule has 2 saturated heterocycles. The van der Waals surface area contributed by atoms with E-state index < -0.39 is 36.5 Å². The fourth-order valence-electron chi connectivity index (χ4n) is 3.99. The second-order valence-electron chi connectivity index (χ2n) is 8.19. The van der Waals surface area contributed by atoms with E-state index in [-0.39, 0.29) is 12.7 Å². The lowest BCUT2D eigenvalue weighted by atomic mass is 9.85. The summed E-state index contributed by atoms with van der Waals surface area (Å²) in [6.45, 7) is 8.28. The molecule has 1 unspecified atom stereocenters. The minimum atomic E-state index is -1.04. The molecule has 2 fully saturated rings. The van der Waals surface area contributed by atoms with Crippen molar-refractivity contribution in [2.24, 2.45) is 0 Å². The maximum absolute atomic E-state index is 11.1. The number of hydrogen-bond acceptors (Lipinski definition) is 6. The summed E-state index contributed by atoms with van der Waals surface area (Å²) < 4.78 is 30.6. The Morgan fingerprint density at radius 2 is 1.81 bits per heavy atom. The highest BCUT2D eigenvalue weighted by Gasteiger charge is 2.58. The lowest BCUT2D eigenvalue weighted by molar-refractivity contribution is -0.392. The highest BCUT2D eigenvalue weighted by molar-refractivity contribution is 5.19. The Bertz CT molecular complexity index is 842. The van der Waals surface area contributed by atoms with E-state index in [1.165, 1.54) is 0 Å². The van der Waals surface area contributed by atoms with Gasteiger partial charge in [0, 0.05) is 5.56 Å². The first-order valence-corrected chi connectivity index (χ1v) is 10.6. The monoisotopic (exact) mass is 426 g/mol. The molecule has 2 aliphatic heterocycles. The third-order valence-electron chi connectivity index (χ3n) is 5.57. The Hall–Kier alpha value is -2.06. The van der Waals surface area contributed by atoms with Gasteiger partial charge in [-0.1, -0.05) is 66.7 Å². The van der Waals surface area contributed by atoms with Crippen molar-refractivity contribution in [3.8, 4) is 0 Å². The lowest BCUT2D eigenvalue weighted by Crippen LogP contribution is -2.69. The van der Waals surface area contributed by atoms with E-state index in [0.717, 1.165) is 11.1 Å². The molecule has 166 valence electrons. The van der Waals surface area contributed by atoms with Crippen LogP contribution in [0.5, 0.6) is 0 Å². The smallest absolute Gasteiger partial charge is 0.187 e. The van der Waals surface area contributed by atoms with Crippen molar-refractivity contribution in [1.29, 1.82) is 0 Å². The molecule has 2 aromatic carbocycles. The molecule has 6 nitrogen and oxygen atoms in total. The van der Waals surface area contributed by atoms with Crippen molar-refractivity contribution in [3.63, 3.8) is 0 Å². The Morgan fingerprint density at radius 1 is 1.13 bits per heavy atom. The first kappa shape index (κ1) is 22.1. The van der Waals surface area contributed by atoms with Crippen molar-refractivity contribution >= 4 is 0 Å². The third kappa shape index (κ3) is 4.75. The maximum atomic E-state index is 11.1. The maximum Gasteiger partial charge on any atom is 0.187 e. The Morgan fingerprint density at radius 3 is 2.45 bits per heavy atom. The number of benzene rings is 2. The minimum absolute atomic E-state index is 0.143. The molecule has 2 aromatic rings. The molecule has 0 bridgehead atoms. The van der Waals surface area contributed by atoms with Gasteiger partial charge in [0.1, 0.15) is 23.9 Å². The normalized spacial score (nSPS) is 33.1. The molecule has 6 heteroatoms. The first-order valence-electron chi connectivity index (χ1n) is 10.6. The Labute approximate surface area is 183 Å². The molecule has 2 aliphatic rings. The average molecular weight is 427 g/mol. The number of ether oxygens (including phenoxy) is 5. The van der Waals surface area contributed by atoms with E-state index in [9.17, 15) is 5.11 Å². The van der Waals surface area contributed by atoms with Crippen LogP contribution >= 0.6 is 0 Å². The lowest BCUT2D eigenvalue weighted by Gasteiger charge is -2.53. The third-order valence-corrected chi connectivity index (χ3v) is 5.57. The summed E-state index contributed by atoms with van der Waals surface area (Å²) in [6.07, 6.45) is -2.34. The van der Waals surface area contributed by atoms with Gasteiger partial charge < -0.3 is 28.8 Å². The number of aliphatic hydroxyl groups is 1. The van der Waals surface area contributed by atoms with Gasteiger partial charge in [-0.3, -0.25) is 0 Å². The number of fused-ring (bicyclic) bond motifs is 1. The SMILES string of the molecule is C=C[C@@]12COC(c3ccccc3)O[C@H]1[C@H](OCc1ccccc1)[C@@H](O)[C@H](OC(C)C)O2. The summed E-state index contributed by atoms with van der Waals surface area (Å²) in [7, 11) is 0. The molecule has 0 radical (unpaired) electrons. The predicted molar refractivity (Wildman–Crippen MR) is 115 cm³/mol. The largest absolute Gasteiger partial charge is 0.385 e. The second-order valence-corrected chi connectivity index (χ2v) is 8.19. The molecule has 0 amide bonds. The van der Waals surface area contributed by atoms with Crippen LogP contribution in [0.25, 0.3) is 0 Å². The van der Waals surface area contributed by atoms with Crippen LogP contribution in [0.2, 0.25) is 0 Å². The second kappa shape index (κ2) is 9.61. The fraction of sp³-hybridized carbons (Fsp3) is 0.440. The fourth-order valence-corrected chi connectivity index (χ4v) is 3.99. The van der Waals surface area contributed by atoms with Crippen LogP contribution in [0.15, 0.2) is 73.3 Å². The highest BCUT2D eigenvalue weighted by atomic mass is 16.8. The van der Waals surface area contributed by atoms with Gasteiger partial charge in [-0.2, -0.15) is 0 Å². The van der Waals surface area contributed by atoms with E-state index in [1.54, 1.807) is 6.08 Å². The van der Waals surface area contributed by atoms with Crippen molar-refractivity contribution in [3.05, 3.63) is 84.4 Å². The standard InChI is InChI=1S/C25H30O6/c1-4-25-16-28-23(19-13-9-6-10-14-19)30-22(25)21(20(26)24(31-25)29-17(2)3)27-15-18-11-7-5-8-12-18/h4-14,17,20-24,26H,1,15-16H2,2-3H3/t20-,21-,22+,23?,24-,25-/m1/s1. The summed E-state index contributed by atoms with van der Waals surface area (Å²) in [5.74, 6) is 0. The number of hydrogen-bond donors (Lipinski definition) is 1. The molecule has 4 rings (SSSR count). The number of rotatable bonds is 7. The van der Waals surface area contributed by atoms with Crippen LogP contribution in [0, 0.1) is 0 Å². The molecule has 0 saturated carbocycles. The first-order chi connectivity index (χ1) is 15.0. The van der Waals surface area contributed by atoms with Gasteiger partial charge in [0.05, 0.1) is 19.3 Å². The molecular weight excluding hydrogens is 396 g/mol. The predicted octanol–water partition coefficient (Wildman–Crippen LogP) is 3.75. The van der Waals surface area contributed by atoms with Crippen LogP contribution < -0.4 is 0 Å². The van der Waals surface area contributed by atoms with Crippen LogP contribution in [0.3, 0.4) is 0 Å². The Balaban J connectivity index is 1.62. The van der Waals surface area contributed by atoms with E-state index >= 15 is 0 Å². The van der Waals surface area contributed by atoms with E-state index in [0.29, 0.717) is 6.61 Å². The molecular formula is C25H30O6. The summed E-state index contributed by atoms with van der Waals surface area (Å²) in [5, 5.41) is 11.1. The van der Waals surface area contributed by atoms with Crippen LogP contribution in [-0.4, -0.2) is 48.0 Å². The molecule has 0 aromatic heterocycles. The summed E-state index contributed by atoms with van der Waals surface area (Å²) in [6, 6.07) is 19.5. The summed E-state index contributed by atoms with van der Waals surface area (Å²) in [5.41, 5.74) is 0.876. The van der Waals surface area contributed by atoms with Crippen molar-refractivity contribution in [1.82, 2.24) is 0 Å². The zero-order valence-electron chi connectivity index (χ0n) is 17.9. The molecule has 0 aliphatic carbocycles. The van der Waals surface area contributed by atoms with Gasteiger partial charge in [-0.15, -0.1) is 6.58 Å². The van der Waals surface area contributed by atoms with Gasteiger partial charge in [0.2, 0.25) is 0 Å². The molecule has 2 heterocycles. The van der Waals surface area contributed by atoms with Gasteiger partial charge >= 0.3 is 0 Å². The van der Waals surface area contributed by atoms with E-state index in [4.69, 9.17) is 23.7 Å². The van der Waals surface area contributed by atoms with Gasteiger partial charge in [-0.25, -0.2) is 0 Å². The van der Waals surface area contributed by atoms with Gasteiger partial charge in [-0.05, 0) is 19.4 Å². The quantitative estimate of drug-likeness (QED) is 0.680. The van der Waals surface area contributed by atoms with E-state index in [2.05, 4.69) is 6.58 Å². The van der Waals surface area contributed by atoms with Crippen molar-refractivity contribution in [2.45, 2.75) is 63.1 Å². The van der Waals surface area contributed by atoms with E-state index in [1.807, 2.05) is 74.5 Å². The molecule has 1 N–H and O–H groups in total. The van der Waals surface area contributed by atoms with Gasteiger partial charge in [0.15, 0.2) is 12.6 Å². The van der Waals surface area contributed by atoms with Crippen LogP contribution in [0.1, 0.15) is 31.3 Å².